The Bertz CT molecular complexity index is 695. The molecule has 0 N–H and O–H groups in total. The quantitative estimate of drug-likeness (QED) is 0.767. The van der Waals surface area contributed by atoms with Crippen molar-refractivity contribution in [3.63, 3.8) is 0 Å². The molecule has 0 unspecified atom stereocenters. The van der Waals surface area contributed by atoms with Gasteiger partial charge in [-0.15, -0.1) is 11.3 Å². The molecule has 1 aromatic heterocycles. The molecule has 128 valence electrons. The van der Waals surface area contributed by atoms with Gasteiger partial charge in [0.25, 0.3) is 0 Å². The van der Waals surface area contributed by atoms with E-state index < -0.39 is 0 Å². The molecule has 0 bridgehead atoms. The molecular formula is C18H22FN3OS. The Morgan fingerprint density at radius 2 is 1.96 bits per heavy atom. The first-order valence-corrected chi connectivity index (χ1v) is 9.10. The van der Waals surface area contributed by atoms with Gasteiger partial charge in [0.15, 0.2) is 5.13 Å². The van der Waals surface area contributed by atoms with Crippen LogP contribution in [0.2, 0.25) is 0 Å². The number of hydrogen-bond acceptors (Lipinski definition) is 4. The van der Waals surface area contributed by atoms with E-state index >= 15 is 0 Å². The molecule has 1 fully saturated rings. The molecule has 1 amide bonds. The molecule has 0 aliphatic heterocycles. The zero-order valence-corrected chi connectivity index (χ0v) is 14.9. The average Bonchev–Trinajstić information content (AvgIpc) is 3.30. The van der Waals surface area contributed by atoms with E-state index in [2.05, 4.69) is 9.88 Å². The minimum absolute atomic E-state index is 0.169. The van der Waals surface area contributed by atoms with Crippen LogP contribution in [0.4, 0.5) is 9.52 Å². The van der Waals surface area contributed by atoms with Gasteiger partial charge < -0.3 is 4.90 Å². The van der Waals surface area contributed by atoms with Crippen LogP contribution in [-0.4, -0.2) is 43.0 Å². The van der Waals surface area contributed by atoms with Gasteiger partial charge in [0.05, 0.1) is 5.69 Å². The molecule has 1 aliphatic rings. The minimum atomic E-state index is -0.261. The number of carbonyl (C=O) groups excluding carboxylic acids is 1. The lowest BCUT2D eigenvalue weighted by atomic mass is 10.2. The third kappa shape index (κ3) is 4.19. The van der Waals surface area contributed by atoms with E-state index in [1.165, 1.54) is 23.5 Å². The maximum atomic E-state index is 13.1. The molecule has 3 rings (SSSR count). The molecule has 2 aromatic rings. The number of benzene rings is 1. The molecule has 4 nitrogen and oxygen atoms in total. The lowest BCUT2D eigenvalue weighted by Gasteiger charge is -2.21. The summed E-state index contributed by atoms with van der Waals surface area (Å²) in [6.07, 6.45) is 2.88. The normalized spacial score (nSPS) is 14.2. The number of hydrogen-bond donors (Lipinski definition) is 0. The standard InChI is InChI=1S/C18H22FN3OS/c1-21(2)10-3-11-22(17(23)14-4-5-14)18-20-16(12-24-18)13-6-8-15(19)9-7-13/h6-9,12,14H,3-5,10-11H2,1-2H3. The Hall–Kier alpha value is -1.79. The lowest BCUT2D eigenvalue weighted by Crippen LogP contribution is -2.34. The summed E-state index contributed by atoms with van der Waals surface area (Å²) in [4.78, 5) is 21.2. The molecule has 1 heterocycles. The second kappa shape index (κ2) is 7.40. The first kappa shape index (κ1) is 17.0. The van der Waals surface area contributed by atoms with Crippen LogP contribution < -0.4 is 4.90 Å². The zero-order valence-electron chi connectivity index (χ0n) is 14.0. The molecule has 24 heavy (non-hydrogen) atoms. The molecule has 1 aliphatic carbocycles. The summed E-state index contributed by atoms with van der Waals surface area (Å²) < 4.78 is 13.1. The third-order valence-electron chi connectivity index (χ3n) is 4.04. The fourth-order valence-electron chi connectivity index (χ4n) is 2.54. The van der Waals surface area contributed by atoms with E-state index in [1.807, 2.05) is 24.4 Å². The predicted molar refractivity (Wildman–Crippen MR) is 95.8 cm³/mol. The Kier molecular flexibility index (Phi) is 5.26. The number of halogens is 1. The Morgan fingerprint density at radius 1 is 1.25 bits per heavy atom. The monoisotopic (exact) mass is 347 g/mol. The first-order chi connectivity index (χ1) is 11.5. The SMILES string of the molecule is CN(C)CCCN(C(=O)C1CC1)c1nc(-c2ccc(F)cc2)cs1. The van der Waals surface area contributed by atoms with Gasteiger partial charge in [0.1, 0.15) is 5.82 Å². The van der Waals surface area contributed by atoms with Crippen LogP contribution in [0.5, 0.6) is 0 Å². The van der Waals surface area contributed by atoms with Crippen molar-refractivity contribution in [1.82, 2.24) is 9.88 Å². The minimum Gasteiger partial charge on any atom is -0.309 e. The molecule has 1 aromatic carbocycles. The van der Waals surface area contributed by atoms with Crippen molar-refractivity contribution in [2.75, 3.05) is 32.1 Å². The van der Waals surface area contributed by atoms with Crippen molar-refractivity contribution in [3.05, 3.63) is 35.5 Å². The highest BCUT2D eigenvalue weighted by atomic mass is 32.1. The lowest BCUT2D eigenvalue weighted by molar-refractivity contribution is -0.119. The van der Waals surface area contributed by atoms with E-state index in [9.17, 15) is 9.18 Å². The molecule has 0 spiro atoms. The van der Waals surface area contributed by atoms with Gasteiger partial charge in [0.2, 0.25) is 5.91 Å². The largest absolute Gasteiger partial charge is 0.309 e. The number of anilines is 1. The number of thiazole rings is 1. The molecule has 6 heteroatoms. The van der Waals surface area contributed by atoms with Gasteiger partial charge >= 0.3 is 0 Å². The maximum absolute atomic E-state index is 13.1. The van der Waals surface area contributed by atoms with Crippen molar-refractivity contribution in [2.24, 2.45) is 5.92 Å². The highest BCUT2D eigenvalue weighted by molar-refractivity contribution is 7.14. The van der Waals surface area contributed by atoms with Crippen LogP contribution in [0, 0.1) is 11.7 Å². The van der Waals surface area contributed by atoms with E-state index in [0.29, 0.717) is 6.54 Å². The number of nitrogens with zero attached hydrogens (tertiary/aromatic N) is 3. The molecule has 1 saturated carbocycles. The van der Waals surface area contributed by atoms with Crippen LogP contribution >= 0.6 is 11.3 Å². The Balaban J connectivity index is 1.76. The Labute approximate surface area is 145 Å². The van der Waals surface area contributed by atoms with Crippen LogP contribution in [0.15, 0.2) is 29.6 Å². The molecular weight excluding hydrogens is 325 g/mol. The zero-order chi connectivity index (χ0) is 17.1. The highest BCUT2D eigenvalue weighted by Crippen LogP contribution is 2.35. The summed E-state index contributed by atoms with van der Waals surface area (Å²) in [6, 6.07) is 6.29. The summed E-state index contributed by atoms with van der Waals surface area (Å²) in [7, 11) is 4.06. The second-order valence-corrected chi connectivity index (χ2v) is 7.28. The molecule has 0 atom stereocenters. The average molecular weight is 347 g/mol. The van der Waals surface area contributed by atoms with Gasteiger partial charge in [-0.3, -0.25) is 9.69 Å². The smallest absolute Gasteiger partial charge is 0.231 e. The van der Waals surface area contributed by atoms with Crippen LogP contribution in [-0.2, 0) is 4.79 Å². The van der Waals surface area contributed by atoms with Gasteiger partial charge in [-0.05, 0) is 64.2 Å². The van der Waals surface area contributed by atoms with Gasteiger partial charge in [0, 0.05) is 23.4 Å². The van der Waals surface area contributed by atoms with Crippen molar-refractivity contribution in [1.29, 1.82) is 0 Å². The summed E-state index contributed by atoms with van der Waals surface area (Å²) in [5, 5.41) is 2.67. The van der Waals surface area contributed by atoms with E-state index in [0.717, 1.165) is 42.2 Å². The van der Waals surface area contributed by atoms with Gasteiger partial charge in [-0.25, -0.2) is 9.37 Å². The van der Waals surface area contributed by atoms with E-state index in [1.54, 1.807) is 12.1 Å². The van der Waals surface area contributed by atoms with E-state index in [-0.39, 0.29) is 17.6 Å². The topological polar surface area (TPSA) is 36.4 Å². The summed E-state index contributed by atoms with van der Waals surface area (Å²) in [5.41, 5.74) is 1.65. The second-order valence-electron chi connectivity index (χ2n) is 6.44. The van der Waals surface area contributed by atoms with Crippen LogP contribution in [0.3, 0.4) is 0 Å². The first-order valence-electron chi connectivity index (χ1n) is 8.22. The van der Waals surface area contributed by atoms with Gasteiger partial charge in [-0.2, -0.15) is 0 Å². The van der Waals surface area contributed by atoms with Crippen molar-refractivity contribution >= 4 is 22.4 Å². The number of amides is 1. The number of carbonyl (C=O) groups is 1. The van der Waals surface area contributed by atoms with Crippen molar-refractivity contribution in [2.45, 2.75) is 19.3 Å². The third-order valence-corrected chi connectivity index (χ3v) is 4.91. The summed E-state index contributed by atoms with van der Waals surface area (Å²) >= 11 is 1.48. The maximum Gasteiger partial charge on any atom is 0.231 e. The number of aromatic nitrogens is 1. The number of rotatable bonds is 7. The Morgan fingerprint density at radius 3 is 2.58 bits per heavy atom. The fourth-order valence-corrected chi connectivity index (χ4v) is 3.40. The predicted octanol–water partition coefficient (Wildman–Crippen LogP) is 3.64. The van der Waals surface area contributed by atoms with Crippen LogP contribution in [0.25, 0.3) is 11.3 Å². The fraction of sp³-hybridized carbons (Fsp3) is 0.444. The van der Waals surface area contributed by atoms with E-state index in [4.69, 9.17) is 0 Å². The summed E-state index contributed by atoms with van der Waals surface area (Å²) in [5.74, 6) is 0.0970. The van der Waals surface area contributed by atoms with Gasteiger partial charge in [-0.1, -0.05) is 0 Å². The van der Waals surface area contributed by atoms with Crippen molar-refractivity contribution < 1.29 is 9.18 Å². The van der Waals surface area contributed by atoms with Crippen molar-refractivity contribution in [3.8, 4) is 11.3 Å². The highest BCUT2D eigenvalue weighted by Gasteiger charge is 2.34. The molecule has 0 saturated heterocycles. The summed E-state index contributed by atoms with van der Waals surface area (Å²) in [6.45, 7) is 1.62. The molecule has 0 radical (unpaired) electrons. The van der Waals surface area contributed by atoms with Crippen LogP contribution in [0.1, 0.15) is 19.3 Å².